The largest absolute Gasteiger partial charge is 0.444 e. The lowest BCUT2D eigenvalue weighted by Gasteiger charge is -2.26. The van der Waals surface area contributed by atoms with E-state index in [1.165, 1.54) is 0 Å². The van der Waals surface area contributed by atoms with E-state index in [1.54, 1.807) is 71.3 Å². The highest BCUT2D eigenvalue weighted by Gasteiger charge is 2.23. The van der Waals surface area contributed by atoms with Gasteiger partial charge in [0.05, 0.1) is 17.6 Å². The number of hydrogen-bond donors (Lipinski definition) is 2. The fourth-order valence-electron chi connectivity index (χ4n) is 2.11. The van der Waals surface area contributed by atoms with Crippen molar-refractivity contribution < 1.29 is 13.9 Å². The molecular weight excluding hydrogens is 397 g/mol. The molecule has 2 N–H and O–H groups in total. The van der Waals surface area contributed by atoms with Gasteiger partial charge in [0.1, 0.15) is 16.8 Å². The molecule has 0 aliphatic heterocycles. The molecule has 0 aliphatic rings. The number of anilines is 1. The van der Waals surface area contributed by atoms with Crippen LogP contribution in [-0.2, 0) is 4.74 Å². The van der Waals surface area contributed by atoms with E-state index in [-0.39, 0.29) is 16.5 Å². The third kappa shape index (κ3) is 8.75. The Bertz CT molecular complexity index is 840. The number of amides is 1. The van der Waals surface area contributed by atoms with Crippen LogP contribution in [0.25, 0.3) is 0 Å². The zero-order valence-electron chi connectivity index (χ0n) is 17.0. The molecule has 7 nitrogen and oxygen atoms in total. The molecule has 1 heterocycles. The molecule has 0 unspecified atom stereocenters. The SMILES string of the molecule is C\N=C/C=C\C=C\[C@@H](Nc1nc(Cl)c(C#N)cc1F)[C@H](C)NC(=O)OC(C)(C)C. The van der Waals surface area contributed by atoms with Crippen LogP contribution in [0.5, 0.6) is 0 Å². The first-order valence-corrected chi connectivity index (χ1v) is 9.23. The molecule has 0 spiro atoms. The topological polar surface area (TPSA) is 99.4 Å². The minimum atomic E-state index is -0.734. The van der Waals surface area contributed by atoms with E-state index in [4.69, 9.17) is 21.6 Å². The van der Waals surface area contributed by atoms with Crippen molar-refractivity contribution >= 4 is 29.7 Å². The van der Waals surface area contributed by atoms with Crippen molar-refractivity contribution in [1.82, 2.24) is 10.3 Å². The van der Waals surface area contributed by atoms with Crippen molar-refractivity contribution in [3.63, 3.8) is 0 Å². The molecule has 1 rings (SSSR count). The Balaban J connectivity index is 3.06. The van der Waals surface area contributed by atoms with E-state index in [1.807, 2.05) is 0 Å². The van der Waals surface area contributed by atoms with Crippen molar-refractivity contribution in [1.29, 1.82) is 5.26 Å². The third-order valence-electron chi connectivity index (χ3n) is 3.41. The summed E-state index contributed by atoms with van der Waals surface area (Å²) < 4.78 is 19.6. The molecule has 9 heteroatoms. The van der Waals surface area contributed by atoms with Crippen molar-refractivity contribution in [2.24, 2.45) is 4.99 Å². The molecule has 1 aromatic rings. The lowest BCUT2D eigenvalue weighted by molar-refractivity contribution is 0.0506. The first kappa shape index (κ1) is 24.1. The van der Waals surface area contributed by atoms with Crippen molar-refractivity contribution in [2.45, 2.75) is 45.4 Å². The van der Waals surface area contributed by atoms with Gasteiger partial charge in [-0.2, -0.15) is 5.26 Å². The van der Waals surface area contributed by atoms with Gasteiger partial charge in [-0.3, -0.25) is 4.99 Å². The molecule has 0 aliphatic carbocycles. The predicted molar refractivity (Wildman–Crippen MR) is 113 cm³/mol. The Morgan fingerprint density at radius 3 is 2.69 bits per heavy atom. The lowest BCUT2D eigenvalue weighted by atomic mass is 10.1. The number of aliphatic imine (C=N–C) groups is 1. The Morgan fingerprint density at radius 2 is 2.10 bits per heavy atom. The molecule has 1 amide bonds. The Kier molecular flexibility index (Phi) is 9.29. The van der Waals surface area contributed by atoms with Crippen LogP contribution in [0.1, 0.15) is 33.3 Å². The van der Waals surface area contributed by atoms with Gasteiger partial charge in [-0.1, -0.05) is 29.8 Å². The molecule has 0 saturated carbocycles. The lowest BCUT2D eigenvalue weighted by Crippen LogP contribution is -2.46. The third-order valence-corrected chi connectivity index (χ3v) is 3.70. The van der Waals surface area contributed by atoms with E-state index < -0.39 is 29.6 Å². The van der Waals surface area contributed by atoms with Crippen molar-refractivity contribution in [3.05, 3.63) is 46.9 Å². The summed E-state index contributed by atoms with van der Waals surface area (Å²) in [4.78, 5) is 19.8. The van der Waals surface area contributed by atoms with Crippen LogP contribution < -0.4 is 10.6 Å². The van der Waals surface area contributed by atoms with Gasteiger partial charge >= 0.3 is 6.09 Å². The summed E-state index contributed by atoms with van der Waals surface area (Å²) in [6.45, 7) is 6.99. The standard InChI is InChI=1S/C20H25ClFN5O2/c1-13(25-19(28)29-20(2,3)4)16(9-7-6-8-10-24-5)26-18-15(22)11-14(12-23)17(21)27-18/h6-11,13,16H,1-5H3,(H,25,28)(H,26,27)/b8-6-,9-7+,24-10-/t13-,16+/m0/s1. The van der Waals surface area contributed by atoms with Crippen LogP contribution in [0.4, 0.5) is 15.0 Å². The number of carbonyl (C=O) groups excluding carboxylic acids is 1. The summed E-state index contributed by atoms with van der Waals surface area (Å²) in [6, 6.07) is 1.72. The minimum Gasteiger partial charge on any atom is -0.444 e. The Labute approximate surface area is 175 Å². The number of carbonyl (C=O) groups is 1. The molecule has 0 bridgehead atoms. The van der Waals surface area contributed by atoms with Gasteiger partial charge in [0, 0.05) is 13.3 Å². The highest BCUT2D eigenvalue weighted by molar-refractivity contribution is 6.30. The summed E-state index contributed by atoms with van der Waals surface area (Å²) in [5, 5.41) is 14.4. The van der Waals surface area contributed by atoms with Crippen LogP contribution in [0.3, 0.4) is 0 Å². The van der Waals surface area contributed by atoms with Crippen LogP contribution in [0.15, 0.2) is 35.4 Å². The number of alkyl carbamates (subject to hydrolysis) is 1. The zero-order valence-corrected chi connectivity index (χ0v) is 17.8. The highest BCUT2D eigenvalue weighted by atomic mass is 35.5. The number of pyridine rings is 1. The van der Waals surface area contributed by atoms with Crippen LogP contribution in [0.2, 0.25) is 5.15 Å². The molecule has 0 saturated heterocycles. The molecule has 156 valence electrons. The maximum absolute atomic E-state index is 14.3. The molecule has 1 aromatic heterocycles. The van der Waals surface area contributed by atoms with E-state index in [2.05, 4.69) is 20.6 Å². The van der Waals surface area contributed by atoms with E-state index in [9.17, 15) is 9.18 Å². The summed E-state index contributed by atoms with van der Waals surface area (Å²) in [7, 11) is 1.65. The van der Waals surface area contributed by atoms with Gasteiger partial charge in [-0.15, -0.1) is 0 Å². The van der Waals surface area contributed by atoms with E-state index in [0.29, 0.717) is 0 Å². The summed E-state index contributed by atoms with van der Waals surface area (Å²) in [6.07, 6.45) is 7.89. The monoisotopic (exact) mass is 421 g/mol. The number of halogens is 2. The number of allylic oxidation sites excluding steroid dienone is 3. The minimum absolute atomic E-state index is 0.0662. The number of nitrogens with one attached hydrogen (secondary N) is 2. The Morgan fingerprint density at radius 1 is 1.41 bits per heavy atom. The van der Waals surface area contributed by atoms with Gasteiger partial charge in [0.25, 0.3) is 0 Å². The zero-order chi connectivity index (χ0) is 22.0. The van der Waals surface area contributed by atoms with E-state index in [0.717, 1.165) is 6.07 Å². The number of nitriles is 1. The average Bonchev–Trinajstić information content (AvgIpc) is 2.61. The second kappa shape index (κ2) is 11.2. The Hall–Kier alpha value is -2.92. The van der Waals surface area contributed by atoms with Gasteiger partial charge in [0.2, 0.25) is 0 Å². The summed E-state index contributed by atoms with van der Waals surface area (Å²) in [5.41, 5.74) is -0.720. The number of rotatable bonds is 7. The number of ether oxygens (including phenoxy) is 1. The fraction of sp³-hybridized carbons (Fsp3) is 0.400. The quantitative estimate of drug-likeness (QED) is 0.389. The second-order valence-electron chi connectivity index (χ2n) is 7.05. The molecule has 29 heavy (non-hydrogen) atoms. The normalized spacial score (nSPS) is 14.1. The smallest absolute Gasteiger partial charge is 0.407 e. The van der Waals surface area contributed by atoms with Crippen LogP contribution in [-0.4, -0.2) is 42.0 Å². The van der Waals surface area contributed by atoms with Crippen LogP contribution in [0, 0.1) is 17.1 Å². The predicted octanol–water partition coefficient (Wildman–Crippen LogP) is 4.25. The first-order chi connectivity index (χ1) is 13.6. The van der Waals surface area contributed by atoms with Crippen LogP contribution >= 0.6 is 11.6 Å². The number of aromatic nitrogens is 1. The molecule has 2 atom stereocenters. The average molecular weight is 422 g/mol. The molecular formula is C20H25ClFN5O2. The van der Waals surface area contributed by atoms with Gasteiger partial charge in [0.15, 0.2) is 11.6 Å². The number of hydrogen-bond acceptors (Lipinski definition) is 6. The fourth-order valence-corrected chi connectivity index (χ4v) is 2.29. The maximum atomic E-state index is 14.3. The van der Waals surface area contributed by atoms with Crippen molar-refractivity contribution in [3.8, 4) is 6.07 Å². The maximum Gasteiger partial charge on any atom is 0.407 e. The van der Waals surface area contributed by atoms with Gasteiger partial charge in [-0.25, -0.2) is 14.2 Å². The highest BCUT2D eigenvalue weighted by Crippen LogP contribution is 2.21. The van der Waals surface area contributed by atoms with E-state index >= 15 is 0 Å². The molecule has 0 radical (unpaired) electrons. The van der Waals surface area contributed by atoms with Gasteiger partial charge < -0.3 is 15.4 Å². The number of nitrogens with zero attached hydrogens (tertiary/aromatic N) is 3. The summed E-state index contributed by atoms with van der Waals surface area (Å²) >= 11 is 5.91. The first-order valence-electron chi connectivity index (χ1n) is 8.85. The van der Waals surface area contributed by atoms with Crippen molar-refractivity contribution in [2.75, 3.05) is 12.4 Å². The molecule has 0 aromatic carbocycles. The van der Waals surface area contributed by atoms with Gasteiger partial charge in [-0.05, 0) is 39.8 Å². The second-order valence-corrected chi connectivity index (χ2v) is 7.41. The summed E-state index contributed by atoms with van der Waals surface area (Å²) in [5.74, 6) is -0.872. The molecule has 0 fully saturated rings.